The fourth-order valence-electron chi connectivity index (χ4n) is 2.87. The molecular formula is C18H23N5O2. The van der Waals surface area contributed by atoms with Crippen LogP contribution in [0.1, 0.15) is 41.6 Å². The molecule has 2 heterocycles. The monoisotopic (exact) mass is 341 g/mol. The van der Waals surface area contributed by atoms with Gasteiger partial charge in [0.1, 0.15) is 12.9 Å². The second-order valence-electron chi connectivity index (χ2n) is 6.38. The number of hydrogen-bond donors (Lipinski definition) is 1. The average Bonchev–Trinajstić information content (AvgIpc) is 2.86. The van der Waals surface area contributed by atoms with Gasteiger partial charge in [0.2, 0.25) is 11.9 Å². The van der Waals surface area contributed by atoms with Gasteiger partial charge in [-0.2, -0.15) is 0 Å². The molecule has 1 N–H and O–H groups in total. The van der Waals surface area contributed by atoms with Crippen molar-refractivity contribution in [3.8, 4) is 0 Å². The summed E-state index contributed by atoms with van der Waals surface area (Å²) in [4.78, 5) is 30.5. The van der Waals surface area contributed by atoms with Crippen LogP contribution in [0.15, 0.2) is 30.6 Å². The summed E-state index contributed by atoms with van der Waals surface area (Å²) < 4.78 is 1.47. The van der Waals surface area contributed by atoms with Gasteiger partial charge in [0.25, 0.3) is 5.91 Å². The molecule has 25 heavy (non-hydrogen) atoms. The lowest BCUT2D eigenvalue weighted by atomic mass is 10.1. The summed E-state index contributed by atoms with van der Waals surface area (Å²) >= 11 is 0. The van der Waals surface area contributed by atoms with E-state index in [0.717, 1.165) is 31.5 Å². The number of aryl methyl sites for hydroxylation is 1. The summed E-state index contributed by atoms with van der Waals surface area (Å²) in [7, 11) is 0. The fourth-order valence-corrected chi connectivity index (χ4v) is 2.87. The number of aromatic nitrogens is 3. The topological polar surface area (TPSA) is 80.1 Å². The smallest absolute Gasteiger partial charge is 0.258 e. The zero-order chi connectivity index (χ0) is 17.6. The van der Waals surface area contributed by atoms with E-state index < -0.39 is 0 Å². The van der Waals surface area contributed by atoms with Crippen LogP contribution >= 0.6 is 0 Å². The number of anilines is 1. The van der Waals surface area contributed by atoms with Crippen LogP contribution in [0.3, 0.4) is 0 Å². The van der Waals surface area contributed by atoms with Gasteiger partial charge >= 0.3 is 0 Å². The lowest BCUT2D eigenvalue weighted by molar-refractivity contribution is -0.132. The number of nitrogens with zero attached hydrogens (tertiary/aromatic N) is 4. The van der Waals surface area contributed by atoms with Gasteiger partial charge in [-0.15, -0.1) is 5.10 Å². The number of carbonyl (C=O) groups excluding carboxylic acids is 2. The third-order valence-electron chi connectivity index (χ3n) is 4.33. The molecule has 2 aromatic rings. The standard InChI is InChI=1S/C18H23N5O2/c1-14-6-8-15(9-7-14)17(25)20-18-19-13-23(21-18)12-16(24)22-10-4-2-3-5-11-22/h6-9,13H,2-5,10-12H2,1H3,(H,20,21,25). The van der Waals surface area contributed by atoms with E-state index in [1.54, 1.807) is 12.1 Å². The van der Waals surface area contributed by atoms with E-state index in [1.165, 1.54) is 23.9 Å². The maximum atomic E-state index is 12.4. The molecule has 0 saturated carbocycles. The molecule has 0 aliphatic carbocycles. The first-order valence-electron chi connectivity index (χ1n) is 8.67. The Morgan fingerprint density at radius 1 is 1.08 bits per heavy atom. The first-order chi connectivity index (χ1) is 12.1. The van der Waals surface area contributed by atoms with Crippen molar-refractivity contribution in [3.63, 3.8) is 0 Å². The number of carbonyl (C=O) groups is 2. The van der Waals surface area contributed by atoms with Crippen LogP contribution in [0.5, 0.6) is 0 Å². The highest BCUT2D eigenvalue weighted by molar-refractivity contribution is 6.03. The molecule has 1 aliphatic rings. The second-order valence-corrected chi connectivity index (χ2v) is 6.38. The van der Waals surface area contributed by atoms with Crippen LogP contribution in [-0.4, -0.2) is 44.6 Å². The van der Waals surface area contributed by atoms with E-state index in [2.05, 4.69) is 15.4 Å². The van der Waals surface area contributed by atoms with Crippen molar-refractivity contribution in [2.45, 2.75) is 39.2 Å². The molecule has 1 fully saturated rings. The Bertz CT molecular complexity index is 730. The Balaban J connectivity index is 1.57. The van der Waals surface area contributed by atoms with Gasteiger partial charge in [-0.05, 0) is 31.9 Å². The van der Waals surface area contributed by atoms with Crippen molar-refractivity contribution < 1.29 is 9.59 Å². The number of nitrogens with one attached hydrogen (secondary N) is 1. The molecule has 7 heteroatoms. The molecule has 0 unspecified atom stereocenters. The summed E-state index contributed by atoms with van der Waals surface area (Å²) in [5, 5.41) is 6.83. The molecule has 1 aromatic carbocycles. The SMILES string of the molecule is Cc1ccc(C(=O)Nc2ncn(CC(=O)N3CCCCCC3)n2)cc1. The van der Waals surface area contributed by atoms with Crippen LogP contribution in [0.2, 0.25) is 0 Å². The zero-order valence-electron chi connectivity index (χ0n) is 14.4. The number of likely N-dealkylation sites (tertiary alicyclic amines) is 1. The minimum atomic E-state index is -0.267. The predicted molar refractivity (Wildman–Crippen MR) is 94.2 cm³/mol. The highest BCUT2D eigenvalue weighted by Crippen LogP contribution is 2.11. The summed E-state index contributed by atoms with van der Waals surface area (Å²) in [6.45, 7) is 3.73. The van der Waals surface area contributed by atoms with Crippen molar-refractivity contribution in [3.05, 3.63) is 41.7 Å². The Kier molecular flexibility index (Phi) is 5.42. The van der Waals surface area contributed by atoms with Gasteiger partial charge in [-0.3, -0.25) is 14.9 Å². The normalized spacial score (nSPS) is 14.8. The molecule has 1 aliphatic heterocycles. The molecule has 0 radical (unpaired) electrons. The first-order valence-corrected chi connectivity index (χ1v) is 8.67. The quantitative estimate of drug-likeness (QED) is 0.925. The van der Waals surface area contributed by atoms with Crippen LogP contribution < -0.4 is 5.32 Å². The highest BCUT2D eigenvalue weighted by Gasteiger charge is 2.17. The first kappa shape index (κ1) is 17.1. The summed E-state index contributed by atoms with van der Waals surface area (Å²) in [5.41, 5.74) is 1.63. The van der Waals surface area contributed by atoms with Crippen LogP contribution in [0, 0.1) is 6.92 Å². The molecule has 0 bridgehead atoms. The third-order valence-corrected chi connectivity index (χ3v) is 4.33. The van der Waals surface area contributed by atoms with Gasteiger partial charge in [0, 0.05) is 18.7 Å². The molecule has 0 spiro atoms. The van der Waals surface area contributed by atoms with Crippen LogP contribution in [0.4, 0.5) is 5.95 Å². The minimum Gasteiger partial charge on any atom is -0.341 e. The van der Waals surface area contributed by atoms with Crippen LogP contribution in [-0.2, 0) is 11.3 Å². The molecule has 3 rings (SSSR count). The largest absolute Gasteiger partial charge is 0.341 e. The molecule has 0 atom stereocenters. The predicted octanol–water partition coefficient (Wildman–Crippen LogP) is 2.24. The van der Waals surface area contributed by atoms with Crippen molar-refractivity contribution in [1.82, 2.24) is 19.7 Å². The van der Waals surface area contributed by atoms with E-state index in [0.29, 0.717) is 5.56 Å². The maximum Gasteiger partial charge on any atom is 0.258 e. The van der Waals surface area contributed by atoms with Gasteiger partial charge in [0.15, 0.2) is 0 Å². The number of hydrogen-bond acceptors (Lipinski definition) is 4. The Morgan fingerprint density at radius 2 is 1.76 bits per heavy atom. The van der Waals surface area contributed by atoms with Gasteiger partial charge in [-0.25, -0.2) is 9.67 Å². The number of rotatable bonds is 4. The summed E-state index contributed by atoms with van der Waals surface area (Å²) in [5.74, 6) is -0.0194. The zero-order valence-corrected chi connectivity index (χ0v) is 14.4. The molecule has 132 valence electrons. The molecule has 2 amide bonds. The van der Waals surface area contributed by atoms with Crippen molar-refractivity contribution in [2.24, 2.45) is 0 Å². The summed E-state index contributed by atoms with van der Waals surface area (Å²) in [6.07, 6.45) is 5.95. The van der Waals surface area contributed by atoms with E-state index in [1.807, 2.05) is 24.0 Å². The van der Waals surface area contributed by atoms with Crippen molar-refractivity contribution in [2.75, 3.05) is 18.4 Å². The van der Waals surface area contributed by atoms with Crippen molar-refractivity contribution >= 4 is 17.8 Å². The number of benzene rings is 1. The Labute approximate surface area is 147 Å². The maximum absolute atomic E-state index is 12.4. The third kappa shape index (κ3) is 4.65. The van der Waals surface area contributed by atoms with Gasteiger partial charge < -0.3 is 4.90 Å². The number of amides is 2. The fraction of sp³-hybridized carbons (Fsp3) is 0.444. The van der Waals surface area contributed by atoms with E-state index in [-0.39, 0.29) is 24.3 Å². The second kappa shape index (κ2) is 7.92. The minimum absolute atomic E-state index is 0.0446. The van der Waals surface area contributed by atoms with Crippen LogP contribution in [0.25, 0.3) is 0 Å². The molecule has 1 aromatic heterocycles. The molecule has 7 nitrogen and oxygen atoms in total. The van der Waals surface area contributed by atoms with E-state index in [9.17, 15) is 9.59 Å². The highest BCUT2D eigenvalue weighted by atomic mass is 16.2. The van der Waals surface area contributed by atoms with Gasteiger partial charge in [-0.1, -0.05) is 30.5 Å². The average molecular weight is 341 g/mol. The van der Waals surface area contributed by atoms with Gasteiger partial charge in [0.05, 0.1) is 0 Å². The lowest BCUT2D eigenvalue weighted by Gasteiger charge is -2.19. The molecular weight excluding hydrogens is 318 g/mol. The Hall–Kier alpha value is -2.70. The lowest BCUT2D eigenvalue weighted by Crippen LogP contribution is -2.34. The van der Waals surface area contributed by atoms with E-state index in [4.69, 9.17) is 0 Å². The van der Waals surface area contributed by atoms with Crippen molar-refractivity contribution in [1.29, 1.82) is 0 Å². The summed E-state index contributed by atoms with van der Waals surface area (Å²) in [6, 6.07) is 7.26. The molecule has 1 saturated heterocycles. The Morgan fingerprint density at radius 3 is 2.44 bits per heavy atom. The van der Waals surface area contributed by atoms with E-state index >= 15 is 0 Å².